The van der Waals surface area contributed by atoms with Crippen LogP contribution in [-0.4, -0.2) is 21.6 Å². The van der Waals surface area contributed by atoms with E-state index in [9.17, 15) is 12.8 Å². The first kappa shape index (κ1) is 18.4. The van der Waals surface area contributed by atoms with Crippen LogP contribution in [0.25, 0.3) is 0 Å². The average Bonchev–Trinajstić information content (AvgIpc) is 2.49. The number of halogens is 2. The van der Waals surface area contributed by atoms with Crippen LogP contribution in [0.4, 0.5) is 10.1 Å². The van der Waals surface area contributed by atoms with E-state index >= 15 is 0 Å². The van der Waals surface area contributed by atoms with Crippen molar-refractivity contribution in [2.45, 2.75) is 18.7 Å². The van der Waals surface area contributed by atoms with Crippen molar-refractivity contribution in [1.82, 2.24) is 0 Å². The normalized spacial score (nSPS) is 11.2. The molecule has 2 aromatic carbocycles. The minimum absolute atomic E-state index is 0.111. The summed E-state index contributed by atoms with van der Waals surface area (Å²) < 4.78 is 52.0. The molecular formula is C16H17ClFNO4S. The topological polar surface area (TPSA) is 64.6 Å². The van der Waals surface area contributed by atoms with E-state index in [0.29, 0.717) is 24.7 Å². The van der Waals surface area contributed by atoms with E-state index < -0.39 is 20.7 Å². The number of hydrogen-bond donors (Lipinski definition) is 1. The van der Waals surface area contributed by atoms with Crippen molar-refractivity contribution < 1.29 is 22.3 Å². The average molecular weight is 374 g/mol. The van der Waals surface area contributed by atoms with E-state index in [1.807, 2.05) is 6.92 Å². The molecule has 1 N–H and O–H groups in total. The third-order valence-electron chi connectivity index (χ3n) is 2.99. The fraction of sp³-hybridized carbons (Fsp3) is 0.250. The third kappa shape index (κ3) is 4.30. The van der Waals surface area contributed by atoms with Gasteiger partial charge in [-0.15, -0.1) is 0 Å². The summed E-state index contributed by atoms with van der Waals surface area (Å²) in [4.78, 5) is -0.504. The summed E-state index contributed by atoms with van der Waals surface area (Å²) in [5, 5.41) is 0.111. The first-order chi connectivity index (χ1) is 11.4. The molecule has 0 bridgehead atoms. The maximum absolute atomic E-state index is 13.9. The van der Waals surface area contributed by atoms with Crippen LogP contribution in [-0.2, 0) is 10.0 Å². The van der Waals surface area contributed by atoms with Gasteiger partial charge in [-0.2, -0.15) is 0 Å². The van der Waals surface area contributed by atoms with Gasteiger partial charge in [0, 0.05) is 11.1 Å². The highest BCUT2D eigenvalue weighted by atomic mass is 35.5. The van der Waals surface area contributed by atoms with Crippen molar-refractivity contribution in [2.75, 3.05) is 17.9 Å². The Balaban J connectivity index is 2.42. The SMILES string of the molecule is CCOc1ccc(OCC)c(NS(=O)(=O)c2ccc(Cl)cc2F)c1. The highest BCUT2D eigenvalue weighted by Crippen LogP contribution is 2.32. The summed E-state index contributed by atoms with van der Waals surface area (Å²) in [5.74, 6) is -0.150. The number of sulfonamides is 1. The lowest BCUT2D eigenvalue weighted by atomic mass is 10.3. The predicted molar refractivity (Wildman–Crippen MR) is 91.0 cm³/mol. The van der Waals surface area contributed by atoms with Gasteiger partial charge in [0.2, 0.25) is 0 Å². The van der Waals surface area contributed by atoms with Gasteiger partial charge in [0.05, 0.1) is 18.9 Å². The highest BCUT2D eigenvalue weighted by Gasteiger charge is 2.21. The maximum Gasteiger partial charge on any atom is 0.264 e. The minimum Gasteiger partial charge on any atom is -0.494 e. The zero-order valence-corrected chi connectivity index (χ0v) is 14.7. The fourth-order valence-corrected chi connectivity index (χ4v) is 3.30. The molecule has 0 spiro atoms. The van der Waals surface area contributed by atoms with Crippen molar-refractivity contribution in [3.05, 3.63) is 47.2 Å². The van der Waals surface area contributed by atoms with Crippen LogP contribution in [0.1, 0.15) is 13.8 Å². The van der Waals surface area contributed by atoms with Crippen LogP contribution in [0.2, 0.25) is 5.02 Å². The van der Waals surface area contributed by atoms with Crippen LogP contribution in [0.3, 0.4) is 0 Å². The van der Waals surface area contributed by atoms with Crippen molar-refractivity contribution in [3.8, 4) is 11.5 Å². The lowest BCUT2D eigenvalue weighted by molar-refractivity contribution is 0.332. The van der Waals surface area contributed by atoms with Crippen LogP contribution in [0.5, 0.6) is 11.5 Å². The Hall–Kier alpha value is -1.99. The quantitative estimate of drug-likeness (QED) is 0.794. The minimum atomic E-state index is -4.15. The number of ether oxygens (including phenoxy) is 2. The Kier molecular flexibility index (Phi) is 5.90. The fourth-order valence-electron chi connectivity index (χ4n) is 2.02. The van der Waals surface area contributed by atoms with Gasteiger partial charge >= 0.3 is 0 Å². The molecule has 0 aliphatic heterocycles. The largest absolute Gasteiger partial charge is 0.494 e. The zero-order valence-electron chi connectivity index (χ0n) is 13.2. The van der Waals surface area contributed by atoms with Crippen molar-refractivity contribution in [1.29, 1.82) is 0 Å². The smallest absolute Gasteiger partial charge is 0.264 e. The van der Waals surface area contributed by atoms with Crippen LogP contribution >= 0.6 is 11.6 Å². The second-order valence-electron chi connectivity index (χ2n) is 4.70. The van der Waals surface area contributed by atoms with E-state index in [2.05, 4.69) is 4.72 Å². The van der Waals surface area contributed by atoms with Gasteiger partial charge in [0.15, 0.2) is 0 Å². The van der Waals surface area contributed by atoms with Gasteiger partial charge in [-0.1, -0.05) is 11.6 Å². The molecule has 24 heavy (non-hydrogen) atoms. The summed E-state index contributed by atoms with van der Waals surface area (Å²) in [5.41, 5.74) is 0.164. The third-order valence-corrected chi connectivity index (χ3v) is 4.62. The Morgan fingerprint density at radius 1 is 1.08 bits per heavy atom. The number of hydrogen-bond acceptors (Lipinski definition) is 4. The van der Waals surface area contributed by atoms with Gasteiger partial charge in [0.25, 0.3) is 10.0 Å². The van der Waals surface area contributed by atoms with Crippen LogP contribution in [0, 0.1) is 5.82 Å². The molecule has 5 nitrogen and oxygen atoms in total. The molecule has 0 aliphatic carbocycles. The predicted octanol–water partition coefficient (Wildman–Crippen LogP) is 4.08. The zero-order chi connectivity index (χ0) is 17.7. The van der Waals surface area contributed by atoms with Gasteiger partial charge in [-0.05, 0) is 44.2 Å². The molecule has 0 unspecified atom stereocenters. The first-order valence-corrected chi connectivity index (χ1v) is 9.11. The van der Waals surface area contributed by atoms with Crippen molar-refractivity contribution in [3.63, 3.8) is 0 Å². The van der Waals surface area contributed by atoms with Crippen LogP contribution in [0.15, 0.2) is 41.3 Å². The molecule has 0 radical (unpaired) electrons. The van der Waals surface area contributed by atoms with E-state index in [1.54, 1.807) is 19.1 Å². The number of benzene rings is 2. The Morgan fingerprint density at radius 2 is 1.79 bits per heavy atom. The van der Waals surface area contributed by atoms with E-state index in [4.69, 9.17) is 21.1 Å². The molecule has 2 aromatic rings. The number of nitrogens with one attached hydrogen (secondary N) is 1. The molecule has 0 saturated heterocycles. The molecule has 130 valence electrons. The van der Waals surface area contributed by atoms with Crippen molar-refractivity contribution >= 4 is 27.3 Å². The van der Waals surface area contributed by atoms with E-state index in [0.717, 1.165) is 12.1 Å². The molecule has 0 aromatic heterocycles. The molecule has 0 heterocycles. The summed E-state index contributed by atoms with van der Waals surface area (Å²) in [6, 6.07) is 8.09. The Labute approximate surface area is 145 Å². The maximum atomic E-state index is 13.9. The molecular weight excluding hydrogens is 357 g/mol. The summed E-state index contributed by atoms with van der Waals surface area (Å²) >= 11 is 5.66. The highest BCUT2D eigenvalue weighted by molar-refractivity contribution is 7.92. The first-order valence-electron chi connectivity index (χ1n) is 7.25. The summed E-state index contributed by atoms with van der Waals surface area (Å²) in [6.07, 6.45) is 0. The lowest BCUT2D eigenvalue weighted by Crippen LogP contribution is -2.15. The van der Waals surface area contributed by atoms with Crippen LogP contribution < -0.4 is 14.2 Å². The van der Waals surface area contributed by atoms with Gasteiger partial charge in [-0.25, -0.2) is 12.8 Å². The molecule has 0 fully saturated rings. The molecule has 0 saturated carbocycles. The Morgan fingerprint density at radius 3 is 2.42 bits per heavy atom. The lowest BCUT2D eigenvalue weighted by Gasteiger charge is -2.15. The molecule has 0 atom stereocenters. The molecule has 2 rings (SSSR count). The standard InChI is InChI=1S/C16H17ClFNO4S/c1-3-22-12-6-7-15(23-4-2)14(10-12)19-24(20,21)16-8-5-11(17)9-13(16)18/h5-10,19H,3-4H2,1-2H3. The number of anilines is 1. The van der Waals surface area contributed by atoms with Gasteiger partial charge in [-0.3, -0.25) is 4.72 Å². The van der Waals surface area contributed by atoms with Gasteiger partial charge in [0.1, 0.15) is 22.2 Å². The summed E-state index contributed by atoms with van der Waals surface area (Å²) in [6.45, 7) is 4.35. The van der Waals surface area contributed by atoms with E-state index in [1.165, 1.54) is 12.1 Å². The molecule has 8 heteroatoms. The van der Waals surface area contributed by atoms with Crippen molar-refractivity contribution in [2.24, 2.45) is 0 Å². The molecule has 0 amide bonds. The van der Waals surface area contributed by atoms with Gasteiger partial charge < -0.3 is 9.47 Å². The molecule has 0 aliphatic rings. The number of rotatable bonds is 7. The Bertz CT molecular complexity index is 827. The monoisotopic (exact) mass is 373 g/mol. The second-order valence-corrected chi connectivity index (χ2v) is 6.79. The van der Waals surface area contributed by atoms with E-state index in [-0.39, 0.29) is 10.7 Å². The second kappa shape index (κ2) is 7.72. The summed E-state index contributed by atoms with van der Waals surface area (Å²) in [7, 11) is -4.15.